The van der Waals surface area contributed by atoms with E-state index in [-0.39, 0.29) is 24.0 Å². The molecule has 1 aromatic carbocycles. The van der Waals surface area contributed by atoms with Crippen LogP contribution < -0.4 is 28.5 Å². The number of hydrogen-bond donors (Lipinski definition) is 0. The van der Waals surface area contributed by atoms with Gasteiger partial charge in [-0.3, -0.25) is 0 Å². The normalized spacial score (nSPS) is 13.3. The van der Waals surface area contributed by atoms with Crippen LogP contribution in [-0.4, -0.2) is 10.3 Å². The van der Waals surface area contributed by atoms with Gasteiger partial charge in [-0.25, -0.2) is 9.13 Å². The highest BCUT2D eigenvalue weighted by atomic mass is 127. The topological polar surface area (TPSA) is 8.81 Å². The lowest BCUT2D eigenvalue weighted by molar-refractivity contribution is -0.698. The summed E-state index contributed by atoms with van der Waals surface area (Å²) in [5, 5.41) is 3.47. The molecule has 0 aliphatic carbocycles. The summed E-state index contributed by atoms with van der Waals surface area (Å²) < 4.78 is 4.78. The molecule has 2 nitrogen and oxygen atoms in total. The number of rotatable bonds is 3. The third-order valence-electron chi connectivity index (χ3n) is 3.93. The number of benzene rings is 1. The molecule has 0 unspecified atom stereocenters. The molecule has 0 atom stereocenters. The van der Waals surface area contributed by atoms with Crippen LogP contribution in [0.15, 0.2) is 53.0 Å². The van der Waals surface area contributed by atoms with Crippen LogP contribution in [0.3, 0.4) is 0 Å². The van der Waals surface area contributed by atoms with E-state index in [1.807, 2.05) is 11.8 Å². The number of hydrogen-bond acceptors (Lipinski definition) is 2. The molecule has 118 valence electrons. The Balaban J connectivity index is 0.00000156. The van der Waals surface area contributed by atoms with E-state index in [4.69, 9.17) is 0 Å². The smallest absolute Gasteiger partial charge is 0.318 e. The van der Waals surface area contributed by atoms with Crippen LogP contribution in [0.1, 0.15) is 10.6 Å². The van der Waals surface area contributed by atoms with E-state index in [0.29, 0.717) is 0 Å². The van der Waals surface area contributed by atoms with Crippen molar-refractivity contribution in [1.82, 2.24) is 4.57 Å². The van der Waals surface area contributed by atoms with Crippen molar-refractivity contribution < 1.29 is 28.5 Å². The quantitative estimate of drug-likeness (QED) is 0.430. The molecule has 3 heterocycles. The second kappa shape index (κ2) is 7.23. The summed E-state index contributed by atoms with van der Waals surface area (Å²) in [4.78, 5) is 1.29. The highest BCUT2D eigenvalue weighted by Gasteiger charge is 2.32. The third kappa shape index (κ3) is 3.14. The maximum absolute atomic E-state index is 2.44. The van der Waals surface area contributed by atoms with E-state index >= 15 is 0 Å². The van der Waals surface area contributed by atoms with Gasteiger partial charge in [0.25, 0.3) is 0 Å². The fourth-order valence-electron chi connectivity index (χ4n) is 2.95. The number of aromatic nitrogens is 2. The molecule has 0 amide bonds. The SMILES string of the molecule is C[n+]1c(-c2ccccc2)c(/C=C/c2cccs2)n2c1SCC2.[I-]. The zero-order chi connectivity index (χ0) is 14.9. The van der Waals surface area contributed by atoms with Gasteiger partial charge < -0.3 is 24.0 Å². The fraction of sp³-hybridized carbons (Fsp3) is 0.167. The summed E-state index contributed by atoms with van der Waals surface area (Å²) >= 11 is 3.72. The molecule has 2 aromatic heterocycles. The summed E-state index contributed by atoms with van der Waals surface area (Å²) in [5.41, 5.74) is 3.89. The zero-order valence-electron chi connectivity index (χ0n) is 12.8. The van der Waals surface area contributed by atoms with Gasteiger partial charge in [0.2, 0.25) is 0 Å². The highest BCUT2D eigenvalue weighted by Crippen LogP contribution is 2.32. The van der Waals surface area contributed by atoms with Crippen molar-refractivity contribution >= 4 is 35.3 Å². The van der Waals surface area contributed by atoms with Crippen molar-refractivity contribution in [1.29, 1.82) is 0 Å². The van der Waals surface area contributed by atoms with Crippen LogP contribution in [0, 0.1) is 0 Å². The number of imidazole rings is 1. The Morgan fingerprint density at radius 1 is 1.09 bits per heavy atom. The molecule has 3 aromatic rings. The maximum Gasteiger partial charge on any atom is 0.318 e. The van der Waals surface area contributed by atoms with Gasteiger partial charge in [-0.15, -0.1) is 11.3 Å². The van der Waals surface area contributed by atoms with Gasteiger partial charge in [0, 0.05) is 16.2 Å². The lowest BCUT2D eigenvalue weighted by Crippen LogP contribution is -3.00. The van der Waals surface area contributed by atoms with Gasteiger partial charge in [0.1, 0.15) is 6.54 Å². The van der Waals surface area contributed by atoms with Crippen molar-refractivity contribution in [3.63, 3.8) is 0 Å². The monoisotopic (exact) mass is 452 g/mol. The van der Waals surface area contributed by atoms with Gasteiger partial charge >= 0.3 is 5.16 Å². The van der Waals surface area contributed by atoms with Gasteiger partial charge in [-0.1, -0.05) is 36.4 Å². The van der Waals surface area contributed by atoms with Crippen molar-refractivity contribution in [3.8, 4) is 11.3 Å². The second-order valence-corrected chi connectivity index (χ2v) is 7.33. The van der Waals surface area contributed by atoms with Gasteiger partial charge in [0.05, 0.1) is 7.05 Å². The Hall–Kier alpha value is -1.05. The number of fused-ring (bicyclic) bond motifs is 1. The van der Waals surface area contributed by atoms with E-state index in [0.717, 1.165) is 12.3 Å². The minimum atomic E-state index is 0. The first-order valence-electron chi connectivity index (χ1n) is 7.37. The van der Waals surface area contributed by atoms with Crippen LogP contribution >= 0.6 is 23.1 Å². The summed E-state index contributed by atoms with van der Waals surface area (Å²) in [6.07, 6.45) is 4.49. The van der Waals surface area contributed by atoms with Gasteiger partial charge in [0.15, 0.2) is 11.4 Å². The molecular formula is C18H17IN2S2. The number of thiophene rings is 1. The minimum absolute atomic E-state index is 0. The van der Waals surface area contributed by atoms with E-state index in [9.17, 15) is 0 Å². The summed E-state index contributed by atoms with van der Waals surface area (Å²) in [6.45, 7) is 1.09. The van der Waals surface area contributed by atoms with Gasteiger partial charge in [-0.2, -0.15) is 0 Å². The average Bonchev–Trinajstić information content (AvgIpc) is 3.26. The van der Waals surface area contributed by atoms with E-state index in [1.165, 1.54) is 27.0 Å². The fourth-order valence-corrected chi connectivity index (χ4v) is 4.66. The molecule has 0 bridgehead atoms. The van der Waals surface area contributed by atoms with Crippen LogP contribution in [0.2, 0.25) is 0 Å². The van der Waals surface area contributed by atoms with Crippen molar-refractivity contribution in [2.75, 3.05) is 5.75 Å². The van der Waals surface area contributed by atoms with Crippen molar-refractivity contribution in [2.45, 2.75) is 11.7 Å². The predicted octanol–water partition coefficient (Wildman–Crippen LogP) is 1.32. The number of nitrogens with zero attached hydrogens (tertiary/aromatic N) is 2. The molecule has 0 spiro atoms. The molecule has 1 aliphatic rings. The first kappa shape index (κ1) is 16.8. The highest BCUT2D eigenvalue weighted by molar-refractivity contribution is 7.99. The second-order valence-electron chi connectivity index (χ2n) is 5.29. The van der Waals surface area contributed by atoms with Crippen LogP contribution in [0.25, 0.3) is 23.4 Å². The third-order valence-corrected chi connectivity index (χ3v) is 5.91. The lowest BCUT2D eigenvalue weighted by atomic mass is 10.1. The lowest BCUT2D eigenvalue weighted by Gasteiger charge is -2.00. The molecule has 4 rings (SSSR count). The number of thioether (sulfide) groups is 1. The summed E-state index contributed by atoms with van der Waals surface area (Å²) in [6, 6.07) is 14.9. The summed E-state index contributed by atoms with van der Waals surface area (Å²) in [7, 11) is 2.18. The molecule has 0 radical (unpaired) electrons. The minimum Gasteiger partial charge on any atom is -1.00 e. The molecule has 5 heteroatoms. The van der Waals surface area contributed by atoms with Crippen molar-refractivity contribution in [3.05, 3.63) is 58.4 Å². The number of halogens is 1. The Bertz CT molecular complexity index is 821. The van der Waals surface area contributed by atoms with Gasteiger partial charge in [-0.05, 0) is 35.4 Å². The Kier molecular flexibility index (Phi) is 5.28. The van der Waals surface area contributed by atoms with Crippen molar-refractivity contribution in [2.24, 2.45) is 7.05 Å². The molecule has 0 N–H and O–H groups in total. The molecule has 0 saturated heterocycles. The van der Waals surface area contributed by atoms with Crippen LogP contribution in [-0.2, 0) is 13.6 Å². The molecule has 0 saturated carbocycles. The summed E-state index contributed by atoms with van der Waals surface area (Å²) in [5.74, 6) is 1.16. The van der Waals surface area contributed by atoms with Crippen LogP contribution in [0.5, 0.6) is 0 Å². The Morgan fingerprint density at radius 3 is 2.65 bits per heavy atom. The Morgan fingerprint density at radius 2 is 1.91 bits per heavy atom. The predicted molar refractivity (Wildman–Crippen MR) is 95.0 cm³/mol. The van der Waals surface area contributed by atoms with E-state index < -0.39 is 0 Å². The standard InChI is InChI=1S/C18H17N2S2.HI/c1-19-17(14-6-3-2-4-7-14)16(20-11-13-22-18(19)20)10-9-15-8-5-12-21-15;/h2-10,12H,11,13H2,1H3;1H/q+1;/p-1/b10-9+;. The maximum atomic E-state index is 2.44. The average molecular weight is 452 g/mol. The molecule has 1 aliphatic heterocycles. The Labute approximate surface area is 161 Å². The van der Waals surface area contributed by atoms with Crippen LogP contribution in [0.4, 0.5) is 0 Å². The first-order chi connectivity index (χ1) is 10.8. The molecular weight excluding hydrogens is 435 g/mol. The molecule has 0 fully saturated rings. The largest absolute Gasteiger partial charge is 1.00 e. The zero-order valence-corrected chi connectivity index (χ0v) is 16.6. The first-order valence-corrected chi connectivity index (χ1v) is 9.23. The van der Waals surface area contributed by atoms with E-state index in [1.54, 1.807) is 11.3 Å². The molecule has 23 heavy (non-hydrogen) atoms. The van der Waals surface area contributed by atoms with E-state index in [2.05, 4.69) is 76.2 Å².